The smallest absolute Gasteiger partial charge is 0.341 e. The van der Waals surface area contributed by atoms with Crippen molar-refractivity contribution in [1.29, 1.82) is 5.26 Å². The maximum absolute atomic E-state index is 12.7. The molecule has 0 radical (unpaired) electrons. The molecule has 2 aromatic carbocycles. The minimum Gasteiger partial charge on any atom is -0.462 e. The van der Waals surface area contributed by atoms with Gasteiger partial charge in [0.25, 0.3) is 0 Å². The summed E-state index contributed by atoms with van der Waals surface area (Å²) in [7, 11) is 0. The summed E-state index contributed by atoms with van der Waals surface area (Å²) < 4.78 is 5.27. The fourth-order valence-corrected chi connectivity index (χ4v) is 4.32. The Balaban J connectivity index is 1.77. The van der Waals surface area contributed by atoms with Gasteiger partial charge in [-0.3, -0.25) is 4.98 Å². The third-order valence-electron chi connectivity index (χ3n) is 5.75. The molecule has 1 fully saturated rings. The fraction of sp³-hybridized carbons (Fsp3) is 0.346. The Labute approximate surface area is 193 Å². The van der Waals surface area contributed by atoms with E-state index in [9.17, 15) is 10.1 Å². The number of ether oxygens (including phenoxy) is 1. The predicted octanol–water partition coefficient (Wildman–Crippen LogP) is 6.38. The van der Waals surface area contributed by atoms with Crippen LogP contribution in [0.5, 0.6) is 0 Å². The number of nitriles is 1. The summed E-state index contributed by atoms with van der Waals surface area (Å²) >= 11 is 6.46. The van der Waals surface area contributed by atoms with Crippen LogP contribution in [0.3, 0.4) is 0 Å². The molecule has 164 valence electrons. The fourth-order valence-electron chi connectivity index (χ4n) is 4.02. The molecule has 1 aromatic heterocycles. The van der Waals surface area contributed by atoms with Gasteiger partial charge in [0.05, 0.1) is 29.4 Å². The molecule has 4 rings (SSSR count). The van der Waals surface area contributed by atoms with Crippen LogP contribution in [0.2, 0.25) is 5.02 Å². The quantitative estimate of drug-likeness (QED) is 0.405. The highest BCUT2D eigenvalue weighted by atomic mass is 35.5. The standard InChI is InChI=1S/C26H26ClN3O2/c1-3-5-19-7-6-16(12-23(19)27)14-29-25-21-11-17(13-28)10-20(18-8-9-18)24(21)30-15-22(25)26(31)32-4-2/h6-7,10-12,15,18H,3-5,8-9,14H2,1-2H3,(H,29,30). The summed E-state index contributed by atoms with van der Waals surface area (Å²) in [4.78, 5) is 17.3. The SMILES string of the molecule is CCCc1ccc(CNc2c(C(=O)OCC)cnc3c(C4CC4)cc(C#N)cc23)cc1Cl. The molecule has 1 N–H and O–H groups in total. The molecule has 32 heavy (non-hydrogen) atoms. The van der Waals surface area contributed by atoms with E-state index in [1.807, 2.05) is 18.2 Å². The molecule has 3 aromatic rings. The molecule has 5 nitrogen and oxygen atoms in total. The van der Waals surface area contributed by atoms with Crippen LogP contribution in [-0.2, 0) is 17.7 Å². The van der Waals surface area contributed by atoms with Gasteiger partial charge in [-0.15, -0.1) is 0 Å². The van der Waals surface area contributed by atoms with Gasteiger partial charge >= 0.3 is 5.97 Å². The first-order chi connectivity index (χ1) is 15.5. The lowest BCUT2D eigenvalue weighted by molar-refractivity contribution is 0.0527. The zero-order chi connectivity index (χ0) is 22.7. The Morgan fingerprint density at radius 2 is 2.09 bits per heavy atom. The molecular formula is C26H26ClN3O2. The maximum Gasteiger partial charge on any atom is 0.341 e. The number of nitrogens with zero attached hydrogens (tertiary/aromatic N) is 2. The van der Waals surface area contributed by atoms with Crippen molar-refractivity contribution < 1.29 is 9.53 Å². The number of nitrogens with one attached hydrogen (secondary N) is 1. The van der Waals surface area contributed by atoms with Crippen molar-refractivity contribution in [3.8, 4) is 6.07 Å². The second-order valence-electron chi connectivity index (χ2n) is 8.14. The monoisotopic (exact) mass is 447 g/mol. The Morgan fingerprint density at radius 1 is 1.28 bits per heavy atom. The topological polar surface area (TPSA) is 75.0 Å². The van der Waals surface area contributed by atoms with Crippen molar-refractivity contribution >= 4 is 34.2 Å². The van der Waals surface area contributed by atoms with Crippen molar-refractivity contribution in [3.63, 3.8) is 0 Å². The van der Waals surface area contributed by atoms with Gasteiger partial charge in [0.1, 0.15) is 5.56 Å². The van der Waals surface area contributed by atoms with Gasteiger partial charge in [-0.1, -0.05) is 37.1 Å². The summed E-state index contributed by atoms with van der Waals surface area (Å²) in [6, 6.07) is 12.0. The number of carbonyl (C=O) groups is 1. The average molecular weight is 448 g/mol. The molecule has 1 aliphatic rings. The minimum atomic E-state index is -0.434. The van der Waals surface area contributed by atoms with E-state index in [0.29, 0.717) is 29.3 Å². The number of benzene rings is 2. The molecule has 0 spiro atoms. The third-order valence-corrected chi connectivity index (χ3v) is 6.10. The van der Waals surface area contributed by atoms with Crippen molar-refractivity contribution in [2.45, 2.75) is 52.0 Å². The molecule has 0 saturated heterocycles. The number of hydrogen-bond acceptors (Lipinski definition) is 5. The van der Waals surface area contributed by atoms with Gasteiger partial charge in [0.2, 0.25) is 0 Å². The number of fused-ring (bicyclic) bond motifs is 1. The molecule has 0 amide bonds. The predicted molar refractivity (Wildman–Crippen MR) is 127 cm³/mol. The second-order valence-corrected chi connectivity index (χ2v) is 8.55. The van der Waals surface area contributed by atoms with Crippen molar-refractivity contribution in [1.82, 2.24) is 4.98 Å². The minimum absolute atomic E-state index is 0.274. The molecule has 1 heterocycles. The van der Waals surface area contributed by atoms with Crippen LogP contribution in [0.4, 0.5) is 5.69 Å². The van der Waals surface area contributed by atoms with Crippen LogP contribution in [-0.4, -0.2) is 17.6 Å². The van der Waals surface area contributed by atoms with Gasteiger partial charge in [-0.05, 0) is 67.0 Å². The molecule has 0 aliphatic heterocycles. The maximum atomic E-state index is 12.7. The molecule has 0 atom stereocenters. The number of anilines is 1. The number of rotatable bonds is 8. The highest BCUT2D eigenvalue weighted by Gasteiger charge is 2.28. The zero-order valence-corrected chi connectivity index (χ0v) is 19.1. The summed E-state index contributed by atoms with van der Waals surface area (Å²) in [6.45, 7) is 4.66. The normalized spacial score (nSPS) is 13.1. The van der Waals surface area contributed by atoms with Crippen LogP contribution in [0.15, 0.2) is 36.5 Å². The average Bonchev–Trinajstić information content (AvgIpc) is 3.64. The van der Waals surface area contributed by atoms with Crippen molar-refractivity contribution in [2.24, 2.45) is 0 Å². The van der Waals surface area contributed by atoms with E-state index in [-0.39, 0.29) is 6.61 Å². The second kappa shape index (κ2) is 9.58. The Kier molecular flexibility index (Phi) is 6.62. The van der Waals surface area contributed by atoms with Crippen molar-refractivity contribution in [2.75, 3.05) is 11.9 Å². The Bertz CT molecular complexity index is 1210. The van der Waals surface area contributed by atoms with Crippen LogP contribution in [0.25, 0.3) is 10.9 Å². The number of aryl methyl sites for hydroxylation is 1. The lowest BCUT2D eigenvalue weighted by atomic mass is 9.99. The van der Waals surface area contributed by atoms with Gasteiger partial charge in [-0.25, -0.2) is 4.79 Å². The Hall–Kier alpha value is -3.10. The highest BCUT2D eigenvalue weighted by molar-refractivity contribution is 6.31. The zero-order valence-electron chi connectivity index (χ0n) is 18.4. The van der Waals surface area contributed by atoms with Crippen molar-refractivity contribution in [3.05, 3.63) is 69.4 Å². The largest absolute Gasteiger partial charge is 0.462 e. The van der Waals surface area contributed by atoms with E-state index in [4.69, 9.17) is 16.3 Å². The third kappa shape index (κ3) is 4.56. The molecule has 0 unspecified atom stereocenters. The van der Waals surface area contributed by atoms with Gasteiger partial charge in [-0.2, -0.15) is 5.26 Å². The highest BCUT2D eigenvalue weighted by Crippen LogP contribution is 2.44. The first kappa shape index (κ1) is 22.1. The van der Waals surface area contributed by atoms with Crippen LogP contribution >= 0.6 is 11.6 Å². The molecule has 1 aliphatic carbocycles. The van der Waals surface area contributed by atoms with E-state index >= 15 is 0 Å². The van der Waals surface area contributed by atoms with E-state index in [2.05, 4.69) is 29.4 Å². The van der Waals surface area contributed by atoms with Gasteiger partial charge in [0, 0.05) is 23.2 Å². The first-order valence-corrected chi connectivity index (χ1v) is 11.5. The van der Waals surface area contributed by atoms with E-state index in [1.165, 1.54) is 0 Å². The first-order valence-electron chi connectivity index (χ1n) is 11.1. The van der Waals surface area contributed by atoms with Gasteiger partial charge < -0.3 is 10.1 Å². The molecule has 6 heteroatoms. The number of carbonyl (C=O) groups excluding carboxylic acids is 1. The van der Waals surface area contributed by atoms with E-state index < -0.39 is 5.97 Å². The van der Waals surface area contributed by atoms with E-state index in [0.717, 1.165) is 58.3 Å². The summed E-state index contributed by atoms with van der Waals surface area (Å²) in [6.07, 6.45) is 5.74. The summed E-state index contributed by atoms with van der Waals surface area (Å²) in [5.74, 6) is -0.0134. The van der Waals surface area contributed by atoms with Gasteiger partial charge in [0.15, 0.2) is 0 Å². The summed E-state index contributed by atoms with van der Waals surface area (Å²) in [5.41, 5.74) is 5.62. The van der Waals surface area contributed by atoms with Crippen LogP contribution < -0.4 is 5.32 Å². The lowest BCUT2D eigenvalue weighted by Crippen LogP contribution is -2.12. The lowest BCUT2D eigenvalue weighted by Gasteiger charge is -2.16. The number of aromatic nitrogens is 1. The number of halogens is 1. The molecular weight excluding hydrogens is 422 g/mol. The van der Waals surface area contributed by atoms with Crippen LogP contribution in [0, 0.1) is 11.3 Å². The summed E-state index contributed by atoms with van der Waals surface area (Å²) in [5, 5.41) is 14.5. The van der Waals surface area contributed by atoms with E-state index in [1.54, 1.807) is 19.2 Å². The molecule has 0 bridgehead atoms. The molecule has 1 saturated carbocycles. The Morgan fingerprint density at radius 3 is 2.75 bits per heavy atom. The number of hydrogen-bond donors (Lipinski definition) is 1. The van der Waals surface area contributed by atoms with Crippen LogP contribution in [0.1, 0.15) is 71.6 Å². The number of esters is 1. The number of pyridine rings is 1.